The summed E-state index contributed by atoms with van der Waals surface area (Å²) in [7, 11) is 0.949. The SMILES string of the molecule is CCCS(=O)(=O)[O-].CCCS(=O)(=O)[O-].C[NH+](C)CCC[NH+](C)C. The van der Waals surface area contributed by atoms with Crippen LogP contribution in [0.15, 0.2) is 0 Å². The summed E-state index contributed by atoms with van der Waals surface area (Å²) < 4.78 is 58.1. The van der Waals surface area contributed by atoms with Crippen molar-refractivity contribution >= 4 is 20.2 Å². The van der Waals surface area contributed by atoms with Crippen molar-refractivity contribution in [3.8, 4) is 0 Å². The zero-order chi connectivity index (χ0) is 19.1. The topological polar surface area (TPSA) is 123 Å². The maximum atomic E-state index is 9.68. The van der Waals surface area contributed by atoms with Gasteiger partial charge in [0.2, 0.25) is 0 Å². The molecule has 144 valence electrons. The first-order chi connectivity index (χ1) is 10.2. The van der Waals surface area contributed by atoms with Crippen LogP contribution in [-0.4, -0.2) is 78.7 Å². The lowest BCUT2D eigenvalue weighted by Crippen LogP contribution is -3.09. The molecular weight excluding hydrogens is 344 g/mol. The molecule has 0 unspecified atom stereocenters. The second-order valence-corrected chi connectivity index (χ2v) is 8.84. The lowest BCUT2D eigenvalue weighted by atomic mass is 10.4. The molecule has 23 heavy (non-hydrogen) atoms. The molecule has 0 spiro atoms. The summed E-state index contributed by atoms with van der Waals surface area (Å²) in [6, 6.07) is 0. The normalized spacial score (nSPS) is 11.6. The van der Waals surface area contributed by atoms with Gasteiger partial charge in [-0.05, 0) is 12.8 Å². The van der Waals surface area contributed by atoms with Gasteiger partial charge in [0, 0.05) is 17.9 Å². The summed E-state index contributed by atoms with van der Waals surface area (Å²) in [6.45, 7) is 5.89. The number of quaternary nitrogens is 2. The van der Waals surface area contributed by atoms with E-state index < -0.39 is 20.2 Å². The van der Waals surface area contributed by atoms with E-state index in [-0.39, 0.29) is 11.5 Å². The predicted molar refractivity (Wildman–Crippen MR) is 89.7 cm³/mol. The quantitative estimate of drug-likeness (QED) is 0.452. The molecule has 8 nitrogen and oxygen atoms in total. The van der Waals surface area contributed by atoms with Crippen LogP contribution >= 0.6 is 0 Å². The number of hydrogen-bond donors (Lipinski definition) is 2. The lowest BCUT2D eigenvalue weighted by molar-refractivity contribution is -0.879. The highest BCUT2D eigenvalue weighted by Crippen LogP contribution is 1.83. The molecule has 0 bridgehead atoms. The zero-order valence-corrected chi connectivity index (χ0v) is 16.8. The second-order valence-electron chi connectivity index (χ2n) is 5.79. The summed E-state index contributed by atoms with van der Waals surface area (Å²) in [4.78, 5) is 3.10. The molecule has 0 rings (SSSR count). The van der Waals surface area contributed by atoms with Gasteiger partial charge in [0.25, 0.3) is 0 Å². The van der Waals surface area contributed by atoms with Crippen molar-refractivity contribution in [3.63, 3.8) is 0 Å². The van der Waals surface area contributed by atoms with Crippen LogP contribution < -0.4 is 9.80 Å². The van der Waals surface area contributed by atoms with Gasteiger partial charge in [-0.2, -0.15) is 0 Å². The molecule has 0 aliphatic carbocycles. The van der Waals surface area contributed by atoms with Crippen LogP contribution in [-0.2, 0) is 20.2 Å². The van der Waals surface area contributed by atoms with Crippen LogP contribution in [0.25, 0.3) is 0 Å². The summed E-state index contributed by atoms with van der Waals surface area (Å²) in [5.41, 5.74) is 0. The van der Waals surface area contributed by atoms with E-state index in [9.17, 15) is 25.9 Å². The minimum atomic E-state index is -3.92. The van der Waals surface area contributed by atoms with Gasteiger partial charge in [-0.3, -0.25) is 0 Å². The van der Waals surface area contributed by atoms with Crippen LogP contribution in [0.4, 0.5) is 0 Å². The van der Waals surface area contributed by atoms with Crippen LogP contribution in [0.5, 0.6) is 0 Å². The Morgan fingerprint density at radius 3 is 1.04 bits per heavy atom. The largest absolute Gasteiger partial charge is 0.748 e. The monoisotopic (exact) mass is 378 g/mol. The third kappa shape index (κ3) is 44.9. The first-order valence-corrected chi connectivity index (χ1v) is 10.9. The Balaban J connectivity index is -0.000000264. The van der Waals surface area contributed by atoms with Crippen LogP contribution in [0, 0.1) is 0 Å². The molecule has 0 atom stereocenters. The molecule has 0 heterocycles. The van der Waals surface area contributed by atoms with Gasteiger partial charge in [-0.25, -0.2) is 16.8 Å². The van der Waals surface area contributed by atoms with Crippen molar-refractivity contribution in [1.29, 1.82) is 0 Å². The Kier molecular flexibility index (Phi) is 18.3. The Morgan fingerprint density at radius 2 is 0.957 bits per heavy atom. The molecule has 0 radical (unpaired) electrons. The highest BCUT2D eigenvalue weighted by molar-refractivity contribution is 7.85. The van der Waals surface area contributed by atoms with Crippen LogP contribution in [0.2, 0.25) is 0 Å². The molecule has 0 saturated carbocycles. The molecule has 0 aromatic carbocycles. The molecule has 2 N–H and O–H groups in total. The number of rotatable bonds is 8. The third-order valence-electron chi connectivity index (χ3n) is 2.26. The third-order valence-corrected chi connectivity index (χ3v) is 4.08. The van der Waals surface area contributed by atoms with E-state index in [1.165, 1.54) is 19.5 Å². The zero-order valence-electron chi connectivity index (χ0n) is 15.2. The average Bonchev–Trinajstić information content (AvgIpc) is 2.25. The van der Waals surface area contributed by atoms with E-state index in [0.29, 0.717) is 12.8 Å². The molecular formula is C13H34N2O6S2. The van der Waals surface area contributed by atoms with E-state index in [2.05, 4.69) is 28.2 Å². The van der Waals surface area contributed by atoms with E-state index in [4.69, 9.17) is 0 Å². The van der Waals surface area contributed by atoms with Crippen LogP contribution in [0.1, 0.15) is 33.1 Å². The van der Waals surface area contributed by atoms with Crippen molar-refractivity contribution in [3.05, 3.63) is 0 Å². The minimum absolute atomic E-state index is 0.243. The van der Waals surface area contributed by atoms with Crippen molar-refractivity contribution in [1.82, 2.24) is 0 Å². The fourth-order valence-corrected chi connectivity index (χ4v) is 2.30. The predicted octanol–water partition coefficient (Wildman–Crippen LogP) is -2.45. The molecule has 10 heteroatoms. The highest BCUT2D eigenvalue weighted by atomic mass is 32.2. The maximum absolute atomic E-state index is 9.68. The van der Waals surface area contributed by atoms with E-state index in [1.807, 2.05) is 0 Å². The molecule has 0 amide bonds. The molecule has 0 aliphatic heterocycles. The summed E-state index contributed by atoms with van der Waals surface area (Å²) in [6.07, 6.45) is 2.16. The van der Waals surface area contributed by atoms with Gasteiger partial charge in [0.05, 0.1) is 61.5 Å². The smallest absolute Gasteiger partial charge is 0.0945 e. The Bertz CT molecular complexity index is 405. The first kappa shape index (κ1) is 27.6. The van der Waals surface area contributed by atoms with Crippen molar-refractivity contribution in [2.75, 3.05) is 52.8 Å². The van der Waals surface area contributed by atoms with Gasteiger partial charge < -0.3 is 18.9 Å². The highest BCUT2D eigenvalue weighted by Gasteiger charge is 1.95. The fraction of sp³-hybridized carbons (Fsp3) is 1.00. The van der Waals surface area contributed by atoms with Crippen molar-refractivity contribution in [2.45, 2.75) is 33.1 Å². The van der Waals surface area contributed by atoms with Gasteiger partial charge in [-0.1, -0.05) is 13.8 Å². The minimum Gasteiger partial charge on any atom is -0.748 e. The molecule has 0 fully saturated rings. The second kappa shape index (κ2) is 15.3. The molecule has 0 saturated heterocycles. The Hall–Kier alpha value is -0.260. The van der Waals surface area contributed by atoms with Crippen molar-refractivity contribution in [2.24, 2.45) is 0 Å². The Morgan fingerprint density at radius 1 is 0.696 bits per heavy atom. The Labute approximate surface area is 142 Å². The van der Waals surface area contributed by atoms with E-state index in [0.717, 1.165) is 0 Å². The first-order valence-electron chi connectivity index (χ1n) is 7.70. The van der Waals surface area contributed by atoms with Gasteiger partial charge in [-0.15, -0.1) is 0 Å². The molecule has 0 aromatic heterocycles. The number of hydrogen-bond acceptors (Lipinski definition) is 6. The van der Waals surface area contributed by atoms with E-state index in [1.54, 1.807) is 23.6 Å². The van der Waals surface area contributed by atoms with Crippen molar-refractivity contribution < 1.29 is 35.7 Å². The molecule has 0 aliphatic rings. The van der Waals surface area contributed by atoms with E-state index >= 15 is 0 Å². The molecule has 0 aromatic rings. The average molecular weight is 379 g/mol. The standard InChI is InChI=1S/C7H18N2.2C3H8O3S/c1-8(2)6-5-7-9(3)4;2*1-2-3-7(4,5)6/h5-7H2,1-4H3;2*2-3H2,1H3,(H,4,5,6). The van der Waals surface area contributed by atoms with Gasteiger partial charge >= 0.3 is 0 Å². The number of nitrogens with one attached hydrogen (secondary N) is 2. The maximum Gasteiger partial charge on any atom is 0.0945 e. The summed E-state index contributed by atoms with van der Waals surface area (Å²) in [5.74, 6) is -0.486. The fourth-order valence-electron chi connectivity index (χ4n) is 1.30. The van der Waals surface area contributed by atoms with Gasteiger partial charge in [0.15, 0.2) is 0 Å². The van der Waals surface area contributed by atoms with Gasteiger partial charge in [0.1, 0.15) is 0 Å². The van der Waals surface area contributed by atoms with Crippen LogP contribution in [0.3, 0.4) is 0 Å². The lowest BCUT2D eigenvalue weighted by Gasteiger charge is -2.08. The summed E-state index contributed by atoms with van der Waals surface area (Å²) >= 11 is 0. The summed E-state index contributed by atoms with van der Waals surface area (Å²) in [5, 5.41) is 0.